The van der Waals surface area contributed by atoms with Crippen LogP contribution in [0.25, 0.3) is 0 Å². The first-order valence-electron chi connectivity index (χ1n) is 7.24. The lowest BCUT2D eigenvalue weighted by molar-refractivity contribution is -0.123. The Morgan fingerprint density at radius 1 is 1.43 bits per heavy atom. The Bertz CT molecular complexity index is 728. The smallest absolute Gasteiger partial charge is 0.270 e. The normalized spacial score (nSPS) is 20.9. The number of piperidine rings is 1. The topological polar surface area (TPSA) is 88.9 Å². The van der Waals surface area contributed by atoms with Crippen molar-refractivity contribution in [3.8, 4) is 0 Å². The summed E-state index contributed by atoms with van der Waals surface area (Å²) in [5, 5.41) is 10.5. The summed E-state index contributed by atoms with van der Waals surface area (Å²) >= 11 is 5.78. The minimum absolute atomic E-state index is 0.0358. The van der Waals surface area contributed by atoms with E-state index in [1.54, 1.807) is 30.1 Å². The zero-order chi connectivity index (χ0) is 16.4. The van der Waals surface area contributed by atoms with Crippen molar-refractivity contribution >= 4 is 23.4 Å². The molecule has 1 aliphatic rings. The van der Waals surface area contributed by atoms with Crippen LogP contribution in [0, 0.1) is 0 Å². The number of aromatic nitrogens is 3. The molecule has 7 nitrogen and oxygen atoms in total. The van der Waals surface area contributed by atoms with Gasteiger partial charge >= 0.3 is 0 Å². The zero-order valence-electron chi connectivity index (χ0n) is 12.5. The van der Waals surface area contributed by atoms with Gasteiger partial charge in [0.15, 0.2) is 0 Å². The molecule has 2 aromatic heterocycles. The lowest BCUT2D eigenvalue weighted by Crippen LogP contribution is -2.50. The molecule has 2 aromatic rings. The second kappa shape index (κ2) is 6.37. The molecule has 0 aliphatic carbocycles. The van der Waals surface area contributed by atoms with Crippen molar-refractivity contribution in [3.05, 3.63) is 47.0 Å². The number of hydrogen-bond donors (Lipinski definition) is 2. The van der Waals surface area contributed by atoms with Gasteiger partial charge in [0.05, 0.1) is 22.8 Å². The Kier molecular flexibility index (Phi) is 4.29. The molecule has 2 atom stereocenters. The van der Waals surface area contributed by atoms with Gasteiger partial charge in [0.1, 0.15) is 5.69 Å². The Morgan fingerprint density at radius 3 is 2.91 bits per heavy atom. The number of nitrogens with one attached hydrogen (secondary N) is 2. The number of nitrogens with zero attached hydrogens (tertiary/aromatic N) is 3. The molecule has 0 aromatic carbocycles. The number of carbonyl (C=O) groups is 2. The molecule has 8 heteroatoms. The highest BCUT2D eigenvalue weighted by Gasteiger charge is 2.33. The quantitative estimate of drug-likeness (QED) is 0.883. The summed E-state index contributed by atoms with van der Waals surface area (Å²) in [5.41, 5.74) is 1.13. The van der Waals surface area contributed by atoms with E-state index in [9.17, 15) is 9.59 Å². The van der Waals surface area contributed by atoms with Crippen LogP contribution in [-0.2, 0) is 11.8 Å². The second-order valence-electron chi connectivity index (χ2n) is 5.41. The van der Waals surface area contributed by atoms with Crippen LogP contribution in [0.2, 0.25) is 5.02 Å². The molecule has 2 amide bonds. The lowest BCUT2D eigenvalue weighted by atomic mass is 9.95. The highest BCUT2D eigenvalue weighted by Crippen LogP contribution is 2.24. The predicted molar refractivity (Wildman–Crippen MR) is 83.8 cm³/mol. The van der Waals surface area contributed by atoms with Crippen molar-refractivity contribution in [2.45, 2.75) is 24.9 Å². The number of halogens is 1. The summed E-state index contributed by atoms with van der Waals surface area (Å²) in [7, 11) is 1.80. The third-order valence-electron chi connectivity index (χ3n) is 3.86. The van der Waals surface area contributed by atoms with E-state index in [0.29, 0.717) is 17.9 Å². The van der Waals surface area contributed by atoms with Crippen LogP contribution in [0.3, 0.4) is 0 Å². The van der Waals surface area contributed by atoms with E-state index in [0.717, 1.165) is 5.69 Å². The van der Waals surface area contributed by atoms with Crippen molar-refractivity contribution in [1.29, 1.82) is 0 Å². The van der Waals surface area contributed by atoms with E-state index in [-0.39, 0.29) is 29.6 Å². The third-order valence-corrected chi connectivity index (χ3v) is 4.08. The molecular formula is C15H16ClN5O2. The highest BCUT2D eigenvalue weighted by molar-refractivity contribution is 6.30. The van der Waals surface area contributed by atoms with Crippen LogP contribution >= 0.6 is 11.6 Å². The lowest BCUT2D eigenvalue weighted by Gasteiger charge is -2.32. The molecule has 3 heterocycles. The highest BCUT2D eigenvalue weighted by atomic mass is 35.5. The standard InChI is InChI=1S/C15H16ClN5O2/c1-21-12(6-7-18-21)14-10(4-5-13(22)20-14)19-15(23)11-3-2-9(16)8-17-11/h2-3,6-8,10,14H,4-5H2,1H3,(H,19,23)(H,20,22)/t10-,14-/m1/s1. The summed E-state index contributed by atoms with van der Waals surface area (Å²) in [6.07, 6.45) is 4.02. The van der Waals surface area contributed by atoms with Crippen LogP contribution in [0.5, 0.6) is 0 Å². The number of rotatable bonds is 3. The minimum Gasteiger partial charge on any atom is -0.346 e. The van der Waals surface area contributed by atoms with Gasteiger partial charge in [0.2, 0.25) is 5.91 Å². The van der Waals surface area contributed by atoms with Crippen molar-refractivity contribution in [1.82, 2.24) is 25.4 Å². The molecule has 1 saturated heterocycles. The minimum atomic E-state index is -0.319. The first-order chi connectivity index (χ1) is 11.0. The Labute approximate surface area is 138 Å². The van der Waals surface area contributed by atoms with Gasteiger partial charge in [0.25, 0.3) is 5.91 Å². The molecule has 1 fully saturated rings. The van der Waals surface area contributed by atoms with Crippen molar-refractivity contribution in [2.75, 3.05) is 0 Å². The summed E-state index contributed by atoms with van der Waals surface area (Å²) < 4.78 is 1.69. The first kappa shape index (κ1) is 15.5. The van der Waals surface area contributed by atoms with E-state index in [4.69, 9.17) is 11.6 Å². The van der Waals surface area contributed by atoms with Crippen molar-refractivity contribution in [3.63, 3.8) is 0 Å². The molecule has 0 bridgehead atoms. The Hall–Kier alpha value is -2.41. The average Bonchev–Trinajstić information content (AvgIpc) is 2.95. The SMILES string of the molecule is Cn1nccc1[C@@H]1NC(=O)CC[C@H]1NC(=O)c1ccc(Cl)cn1. The van der Waals surface area contributed by atoms with Crippen LogP contribution in [0.1, 0.15) is 35.1 Å². The molecule has 120 valence electrons. The van der Waals surface area contributed by atoms with Gasteiger partial charge < -0.3 is 10.6 Å². The monoisotopic (exact) mass is 333 g/mol. The van der Waals surface area contributed by atoms with E-state index < -0.39 is 0 Å². The average molecular weight is 334 g/mol. The van der Waals surface area contributed by atoms with E-state index >= 15 is 0 Å². The van der Waals surface area contributed by atoms with Gasteiger partial charge in [-0.15, -0.1) is 0 Å². The molecule has 23 heavy (non-hydrogen) atoms. The largest absolute Gasteiger partial charge is 0.346 e. The first-order valence-corrected chi connectivity index (χ1v) is 7.62. The fourth-order valence-corrected chi connectivity index (χ4v) is 2.79. The maximum absolute atomic E-state index is 12.4. The van der Waals surface area contributed by atoms with Crippen molar-refractivity contribution in [2.24, 2.45) is 7.05 Å². The van der Waals surface area contributed by atoms with E-state index in [2.05, 4.69) is 20.7 Å². The fourth-order valence-electron chi connectivity index (χ4n) is 2.68. The number of amides is 2. The van der Waals surface area contributed by atoms with Gasteiger partial charge in [-0.05, 0) is 24.6 Å². The van der Waals surface area contributed by atoms with Crippen LogP contribution < -0.4 is 10.6 Å². The van der Waals surface area contributed by atoms with E-state index in [1.807, 2.05) is 6.07 Å². The number of carbonyl (C=O) groups excluding carboxylic acids is 2. The van der Waals surface area contributed by atoms with Gasteiger partial charge in [-0.2, -0.15) is 5.10 Å². The summed E-state index contributed by atoms with van der Waals surface area (Å²) in [5.74, 6) is -0.332. The summed E-state index contributed by atoms with van der Waals surface area (Å²) in [4.78, 5) is 28.1. The molecule has 0 saturated carbocycles. The van der Waals surface area contributed by atoms with Crippen LogP contribution in [0.15, 0.2) is 30.6 Å². The van der Waals surface area contributed by atoms with E-state index in [1.165, 1.54) is 6.20 Å². The molecule has 0 unspecified atom stereocenters. The second-order valence-corrected chi connectivity index (χ2v) is 5.84. The summed E-state index contributed by atoms with van der Waals surface area (Å²) in [6, 6.07) is 4.46. The number of pyridine rings is 1. The van der Waals surface area contributed by atoms with Gasteiger partial charge in [0, 0.05) is 25.9 Å². The van der Waals surface area contributed by atoms with Gasteiger partial charge in [-0.25, -0.2) is 4.98 Å². The van der Waals surface area contributed by atoms with Gasteiger partial charge in [-0.3, -0.25) is 14.3 Å². The molecule has 0 spiro atoms. The number of hydrogen-bond acceptors (Lipinski definition) is 4. The summed E-state index contributed by atoms with van der Waals surface area (Å²) in [6.45, 7) is 0. The molecule has 1 aliphatic heterocycles. The van der Waals surface area contributed by atoms with Crippen LogP contribution in [0.4, 0.5) is 0 Å². The Balaban J connectivity index is 1.79. The van der Waals surface area contributed by atoms with Gasteiger partial charge in [-0.1, -0.05) is 11.6 Å². The predicted octanol–water partition coefficient (Wildman–Crippen LogP) is 1.22. The molecule has 0 radical (unpaired) electrons. The number of aryl methyl sites for hydroxylation is 1. The third kappa shape index (κ3) is 3.34. The molecule has 2 N–H and O–H groups in total. The van der Waals surface area contributed by atoms with Crippen LogP contribution in [-0.4, -0.2) is 32.6 Å². The maximum Gasteiger partial charge on any atom is 0.270 e. The fraction of sp³-hybridized carbons (Fsp3) is 0.333. The molecular weight excluding hydrogens is 318 g/mol. The zero-order valence-corrected chi connectivity index (χ0v) is 13.2. The molecule has 3 rings (SSSR count). The van der Waals surface area contributed by atoms with Crippen molar-refractivity contribution < 1.29 is 9.59 Å². The Morgan fingerprint density at radius 2 is 2.26 bits per heavy atom. The maximum atomic E-state index is 12.4.